The molecule has 0 saturated heterocycles. The van der Waals surface area contributed by atoms with E-state index in [-0.39, 0.29) is 18.9 Å². The molecule has 23 heavy (non-hydrogen) atoms. The van der Waals surface area contributed by atoms with Crippen LogP contribution in [0.1, 0.15) is 11.1 Å². The van der Waals surface area contributed by atoms with Gasteiger partial charge in [-0.05, 0) is 42.3 Å². The molecule has 0 saturated carbocycles. The zero-order valence-electron chi connectivity index (χ0n) is 12.6. The van der Waals surface area contributed by atoms with Crippen molar-refractivity contribution in [3.63, 3.8) is 0 Å². The van der Waals surface area contributed by atoms with Crippen LogP contribution in [-0.2, 0) is 15.8 Å². The van der Waals surface area contributed by atoms with Gasteiger partial charge in [0.1, 0.15) is 12.4 Å². The average molecular weight is 419 g/mol. The summed E-state index contributed by atoms with van der Waals surface area (Å²) in [7, 11) is -3.40. The fourth-order valence-electron chi connectivity index (χ4n) is 1.93. The number of halogens is 2. The van der Waals surface area contributed by atoms with E-state index in [0.29, 0.717) is 10.8 Å². The van der Waals surface area contributed by atoms with Gasteiger partial charge in [0.25, 0.3) is 0 Å². The second-order valence-electron chi connectivity index (χ2n) is 5.04. The van der Waals surface area contributed by atoms with Gasteiger partial charge in [-0.25, -0.2) is 13.1 Å². The van der Waals surface area contributed by atoms with E-state index in [2.05, 4.69) is 20.7 Å². The maximum atomic E-state index is 12.0. The molecule has 4 nitrogen and oxygen atoms in total. The molecule has 0 aliphatic rings. The topological polar surface area (TPSA) is 55.4 Å². The highest BCUT2D eigenvalue weighted by molar-refractivity contribution is 9.10. The van der Waals surface area contributed by atoms with E-state index >= 15 is 0 Å². The maximum Gasteiger partial charge on any atom is 0.215 e. The molecule has 0 amide bonds. The van der Waals surface area contributed by atoms with E-state index in [1.165, 1.54) is 0 Å². The van der Waals surface area contributed by atoms with Crippen LogP contribution in [0.15, 0.2) is 46.9 Å². The van der Waals surface area contributed by atoms with Crippen LogP contribution in [0, 0.1) is 6.92 Å². The number of hydrogen-bond donors (Lipinski definition) is 1. The molecular formula is C16H17BrClNO3S. The molecule has 0 unspecified atom stereocenters. The molecule has 0 aliphatic carbocycles. The Morgan fingerprint density at radius 1 is 1.22 bits per heavy atom. The van der Waals surface area contributed by atoms with Gasteiger partial charge in [-0.1, -0.05) is 45.7 Å². The highest BCUT2D eigenvalue weighted by Crippen LogP contribution is 2.21. The number of sulfonamides is 1. The normalized spacial score (nSPS) is 11.4. The number of rotatable bonds is 7. The van der Waals surface area contributed by atoms with Crippen molar-refractivity contribution >= 4 is 37.6 Å². The van der Waals surface area contributed by atoms with Crippen molar-refractivity contribution in [2.75, 3.05) is 13.2 Å². The fourth-order valence-corrected chi connectivity index (χ4v) is 3.66. The Morgan fingerprint density at radius 2 is 2.00 bits per heavy atom. The molecule has 7 heteroatoms. The van der Waals surface area contributed by atoms with Gasteiger partial charge in [0, 0.05) is 16.0 Å². The minimum Gasteiger partial charge on any atom is -0.492 e. The molecular weight excluding hydrogens is 402 g/mol. The SMILES string of the molecule is Cc1ccc(OCCNS(=O)(=O)Cc2cccc(Br)c2)cc1Cl. The Kier molecular flexibility index (Phi) is 6.47. The molecule has 0 spiro atoms. The molecule has 0 fully saturated rings. The lowest BCUT2D eigenvalue weighted by atomic mass is 10.2. The van der Waals surface area contributed by atoms with E-state index < -0.39 is 10.0 Å². The number of ether oxygens (including phenoxy) is 1. The molecule has 124 valence electrons. The standard InChI is InChI=1S/C16H17BrClNO3S/c1-12-5-6-15(10-16(12)18)22-8-7-19-23(20,21)11-13-3-2-4-14(17)9-13/h2-6,9-10,19H,7-8,11H2,1H3. The van der Waals surface area contributed by atoms with Gasteiger partial charge in [0.2, 0.25) is 10.0 Å². The summed E-state index contributed by atoms with van der Waals surface area (Å²) in [5, 5.41) is 0.623. The summed E-state index contributed by atoms with van der Waals surface area (Å²) in [4.78, 5) is 0. The lowest BCUT2D eigenvalue weighted by molar-refractivity contribution is 0.323. The first-order valence-electron chi connectivity index (χ1n) is 6.96. The van der Waals surface area contributed by atoms with Gasteiger partial charge in [0.15, 0.2) is 0 Å². The van der Waals surface area contributed by atoms with Crippen molar-refractivity contribution in [2.24, 2.45) is 0 Å². The summed E-state index contributed by atoms with van der Waals surface area (Å²) in [5.74, 6) is 0.551. The van der Waals surface area contributed by atoms with Crippen LogP contribution in [0.5, 0.6) is 5.75 Å². The first kappa shape index (κ1) is 18.3. The second kappa shape index (κ2) is 8.15. The predicted molar refractivity (Wildman–Crippen MR) is 96.5 cm³/mol. The summed E-state index contributed by atoms with van der Waals surface area (Å²) in [6, 6.07) is 12.6. The molecule has 0 aromatic heterocycles. The van der Waals surface area contributed by atoms with E-state index in [4.69, 9.17) is 16.3 Å². The van der Waals surface area contributed by atoms with Crippen LogP contribution in [0.3, 0.4) is 0 Å². The largest absolute Gasteiger partial charge is 0.492 e. The number of aryl methyl sites for hydroxylation is 1. The summed E-state index contributed by atoms with van der Waals surface area (Å²) >= 11 is 9.33. The van der Waals surface area contributed by atoms with E-state index in [1.807, 2.05) is 19.1 Å². The summed E-state index contributed by atoms with van der Waals surface area (Å²) < 4.78 is 32.9. The molecule has 2 aromatic rings. The van der Waals surface area contributed by atoms with Crippen molar-refractivity contribution < 1.29 is 13.2 Å². The zero-order chi connectivity index (χ0) is 16.9. The summed E-state index contributed by atoms with van der Waals surface area (Å²) in [6.07, 6.45) is 0. The first-order valence-corrected chi connectivity index (χ1v) is 9.79. The van der Waals surface area contributed by atoms with Crippen molar-refractivity contribution in [1.29, 1.82) is 0 Å². The van der Waals surface area contributed by atoms with Gasteiger partial charge in [0.05, 0.1) is 5.75 Å². The van der Waals surface area contributed by atoms with Crippen LogP contribution in [-0.4, -0.2) is 21.6 Å². The van der Waals surface area contributed by atoms with Crippen LogP contribution >= 0.6 is 27.5 Å². The molecule has 1 N–H and O–H groups in total. The lowest BCUT2D eigenvalue weighted by Crippen LogP contribution is -2.29. The predicted octanol–water partition coefficient (Wildman–Crippen LogP) is 3.91. The number of nitrogens with one attached hydrogen (secondary N) is 1. The minimum absolute atomic E-state index is 0.0667. The van der Waals surface area contributed by atoms with E-state index in [0.717, 1.165) is 15.6 Å². The fraction of sp³-hybridized carbons (Fsp3) is 0.250. The quantitative estimate of drug-likeness (QED) is 0.694. The van der Waals surface area contributed by atoms with Gasteiger partial charge < -0.3 is 4.74 Å². The van der Waals surface area contributed by atoms with Gasteiger partial charge in [-0.15, -0.1) is 0 Å². The Balaban J connectivity index is 1.81. The monoisotopic (exact) mass is 417 g/mol. The van der Waals surface area contributed by atoms with Crippen molar-refractivity contribution in [3.8, 4) is 5.75 Å². The molecule has 0 aliphatic heterocycles. The molecule has 0 atom stereocenters. The average Bonchev–Trinajstić information content (AvgIpc) is 2.47. The van der Waals surface area contributed by atoms with Crippen LogP contribution < -0.4 is 9.46 Å². The van der Waals surface area contributed by atoms with Gasteiger partial charge in [-0.2, -0.15) is 0 Å². The van der Waals surface area contributed by atoms with Gasteiger partial charge >= 0.3 is 0 Å². The van der Waals surface area contributed by atoms with Crippen molar-refractivity contribution in [3.05, 3.63) is 63.1 Å². The number of benzene rings is 2. The summed E-state index contributed by atoms with van der Waals surface area (Å²) in [5.41, 5.74) is 1.69. The highest BCUT2D eigenvalue weighted by atomic mass is 79.9. The molecule has 0 bridgehead atoms. The van der Waals surface area contributed by atoms with Crippen molar-refractivity contribution in [2.45, 2.75) is 12.7 Å². The molecule has 2 aromatic carbocycles. The lowest BCUT2D eigenvalue weighted by Gasteiger charge is -2.09. The third-order valence-electron chi connectivity index (χ3n) is 3.08. The Labute approximate surface area is 150 Å². The van der Waals surface area contributed by atoms with Crippen LogP contribution in [0.2, 0.25) is 5.02 Å². The summed E-state index contributed by atoms with van der Waals surface area (Å²) in [6.45, 7) is 2.33. The zero-order valence-corrected chi connectivity index (χ0v) is 15.7. The third-order valence-corrected chi connectivity index (χ3v) is 5.34. The van der Waals surface area contributed by atoms with Crippen LogP contribution in [0.25, 0.3) is 0 Å². The smallest absolute Gasteiger partial charge is 0.215 e. The molecule has 0 radical (unpaired) electrons. The Hall–Kier alpha value is -1.08. The second-order valence-corrected chi connectivity index (χ2v) is 8.17. The van der Waals surface area contributed by atoms with E-state index in [1.54, 1.807) is 30.3 Å². The number of hydrogen-bond acceptors (Lipinski definition) is 3. The van der Waals surface area contributed by atoms with E-state index in [9.17, 15) is 8.42 Å². The Morgan fingerprint density at radius 3 is 2.70 bits per heavy atom. The van der Waals surface area contributed by atoms with Crippen LogP contribution in [0.4, 0.5) is 0 Å². The van der Waals surface area contributed by atoms with Gasteiger partial charge in [-0.3, -0.25) is 0 Å². The Bertz CT molecular complexity index is 781. The molecule has 2 rings (SSSR count). The maximum absolute atomic E-state index is 12.0. The molecule has 0 heterocycles. The highest BCUT2D eigenvalue weighted by Gasteiger charge is 2.11. The van der Waals surface area contributed by atoms with Crippen molar-refractivity contribution in [1.82, 2.24) is 4.72 Å². The third kappa shape index (κ3) is 6.14. The first-order chi connectivity index (χ1) is 10.9. The minimum atomic E-state index is -3.40.